The highest BCUT2D eigenvalue weighted by Gasteiger charge is 2.04. The third-order valence-electron chi connectivity index (χ3n) is 2.43. The molecule has 1 aromatic carbocycles. The van der Waals surface area contributed by atoms with Crippen molar-refractivity contribution in [2.24, 2.45) is 0 Å². The number of hydrogen-bond donors (Lipinski definition) is 0. The normalized spacial score (nSPS) is 9.59. The Kier molecular flexibility index (Phi) is 6.50. The number of unbranched alkanes of at least 4 members (excludes halogenated alkanes) is 4. The van der Waals surface area contributed by atoms with Gasteiger partial charge in [-0.2, -0.15) is 5.26 Å². The Morgan fingerprint density at radius 2 is 1.82 bits per heavy atom. The molecule has 0 aromatic heterocycles. The Morgan fingerprint density at radius 1 is 1.12 bits per heavy atom. The van der Waals surface area contributed by atoms with Gasteiger partial charge in [-0.3, -0.25) is 0 Å². The minimum Gasteiger partial charge on any atom is -0.462 e. The average Bonchev–Trinajstić information content (AvgIpc) is 2.38. The molecule has 0 aliphatic rings. The lowest BCUT2D eigenvalue weighted by atomic mass is 10.2. The van der Waals surface area contributed by atoms with Crippen LogP contribution in [0.25, 0.3) is 0 Å². The predicted octanol–water partition coefficient (Wildman–Crippen LogP) is 3.32. The molecular weight excluding hydrogens is 214 g/mol. The van der Waals surface area contributed by atoms with E-state index in [-0.39, 0.29) is 5.97 Å². The fourth-order valence-electron chi connectivity index (χ4n) is 1.48. The molecule has 0 heterocycles. The van der Waals surface area contributed by atoms with E-state index in [0.717, 1.165) is 25.7 Å². The molecule has 0 spiro atoms. The Balaban J connectivity index is 2.07. The molecule has 0 saturated carbocycles. The van der Waals surface area contributed by atoms with Gasteiger partial charge in [-0.05, 0) is 25.0 Å². The molecule has 17 heavy (non-hydrogen) atoms. The van der Waals surface area contributed by atoms with Gasteiger partial charge in [0.1, 0.15) is 0 Å². The minimum atomic E-state index is -0.261. The molecule has 0 bridgehead atoms. The molecule has 1 rings (SSSR count). The van der Waals surface area contributed by atoms with Gasteiger partial charge >= 0.3 is 5.97 Å². The fourth-order valence-corrected chi connectivity index (χ4v) is 1.48. The Labute approximate surface area is 102 Å². The topological polar surface area (TPSA) is 50.1 Å². The van der Waals surface area contributed by atoms with Crippen LogP contribution in [0.2, 0.25) is 0 Å². The van der Waals surface area contributed by atoms with Gasteiger partial charge in [0.05, 0.1) is 18.2 Å². The summed E-state index contributed by atoms with van der Waals surface area (Å²) in [5.41, 5.74) is 0.594. The maximum absolute atomic E-state index is 11.5. The van der Waals surface area contributed by atoms with Crippen LogP contribution in [0.15, 0.2) is 30.3 Å². The highest BCUT2D eigenvalue weighted by atomic mass is 16.5. The van der Waals surface area contributed by atoms with E-state index >= 15 is 0 Å². The lowest BCUT2D eigenvalue weighted by molar-refractivity contribution is 0.0498. The van der Waals surface area contributed by atoms with Gasteiger partial charge in [0.2, 0.25) is 0 Å². The van der Waals surface area contributed by atoms with Crippen LogP contribution in [0.4, 0.5) is 0 Å². The first-order chi connectivity index (χ1) is 8.34. The first-order valence-corrected chi connectivity index (χ1v) is 5.93. The summed E-state index contributed by atoms with van der Waals surface area (Å²) in [7, 11) is 0. The second-order valence-corrected chi connectivity index (χ2v) is 3.82. The number of nitriles is 1. The first kappa shape index (κ1) is 13.2. The van der Waals surface area contributed by atoms with Crippen LogP contribution in [0, 0.1) is 11.3 Å². The molecule has 0 amide bonds. The van der Waals surface area contributed by atoms with Crippen molar-refractivity contribution in [3.63, 3.8) is 0 Å². The quantitative estimate of drug-likeness (QED) is 0.534. The molecule has 3 heteroatoms. The molecule has 1 aromatic rings. The number of ether oxygens (including phenoxy) is 1. The van der Waals surface area contributed by atoms with Gasteiger partial charge in [-0.15, -0.1) is 0 Å². The highest BCUT2D eigenvalue weighted by molar-refractivity contribution is 5.89. The van der Waals surface area contributed by atoms with Crippen LogP contribution in [-0.4, -0.2) is 12.6 Å². The van der Waals surface area contributed by atoms with Crippen molar-refractivity contribution >= 4 is 5.97 Å². The SMILES string of the molecule is N#CCCCCCCOC(=O)c1ccccc1. The van der Waals surface area contributed by atoms with E-state index in [1.165, 1.54) is 0 Å². The summed E-state index contributed by atoms with van der Waals surface area (Å²) in [4.78, 5) is 11.5. The third kappa shape index (κ3) is 5.72. The largest absolute Gasteiger partial charge is 0.462 e. The van der Waals surface area contributed by atoms with Gasteiger partial charge in [-0.25, -0.2) is 4.79 Å². The van der Waals surface area contributed by atoms with Crippen LogP contribution >= 0.6 is 0 Å². The van der Waals surface area contributed by atoms with Crippen molar-refractivity contribution in [3.05, 3.63) is 35.9 Å². The Hall–Kier alpha value is -1.82. The number of rotatable bonds is 7. The van der Waals surface area contributed by atoms with Crippen molar-refractivity contribution < 1.29 is 9.53 Å². The molecule has 0 saturated heterocycles. The average molecular weight is 231 g/mol. The fraction of sp³-hybridized carbons (Fsp3) is 0.429. The molecule has 0 unspecified atom stereocenters. The Morgan fingerprint density at radius 3 is 2.53 bits per heavy atom. The monoisotopic (exact) mass is 231 g/mol. The molecule has 0 N–H and O–H groups in total. The number of benzene rings is 1. The number of esters is 1. The summed E-state index contributed by atoms with van der Waals surface area (Å²) >= 11 is 0. The number of carbonyl (C=O) groups excluding carboxylic acids is 1. The van der Waals surface area contributed by atoms with Gasteiger partial charge in [0, 0.05) is 6.42 Å². The number of carbonyl (C=O) groups is 1. The molecule has 0 radical (unpaired) electrons. The molecule has 90 valence electrons. The van der Waals surface area contributed by atoms with Crippen molar-refractivity contribution in [1.82, 2.24) is 0 Å². The Bertz CT molecular complexity index is 368. The van der Waals surface area contributed by atoms with E-state index in [9.17, 15) is 4.79 Å². The van der Waals surface area contributed by atoms with Crippen LogP contribution in [0.5, 0.6) is 0 Å². The third-order valence-corrected chi connectivity index (χ3v) is 2.43. The molecule has 0 aliphatic carbocycles. The van der Waals surface area contributed by atoms with Gasteiger partial charge in [0.15, 0.2) is 0 Å². The lowest BCUT2D eigenvalue weighted by Crippen LogP contribution is -2.06. The van der Waals surface area contributed by atoms with Gasteiger partial charge in [-0.1, -0.05) is 31.0 Å². The van der Waals surface area contributed by atoms with E-state index in [1.807, 2.05) is 18.2 Å². The van der Waals surface area contributed by atoms with Crippen molar-refractivity contribution in [2.75, 3.05) is 6.61 Å². The summed E-state index contributed by atoms with van der Waals surface area (Å²) in [6.07, 6.45) is 4.44. The van der Waals surface area contributed by atoms with Crippen LogP contribution in [0.1, 0.15) is 42.5 Å². The molecule has 0 atom stereocenters. The summed E-state index contributed by atoms with van der Waals surface area (Å²) in [5, 5.41) is 8.35. The van der Waals surface area contributed by atoms with Crippen LogP contribution in [-0.2, 0) is 4.74 Å². The van der Waals surface area contributed by atoms with Crippen molar-refractivity contribution in [2.45, 2.75) is 32.1 Å². The van der Waals surface area contributed by atoms with Crippen molar-refractivity contribution in [1.29, 1.82) is 5.26 Å². The lowest BCUT2D eigenvalue weighted by Gasteiger charge is -2.04. The first-order valence-electron chi connectivity index (χ1n) is 5.93. The molecule has 0 fully saturated rings. The zero-order valence-corrected chi connectivity index (χ0v) is 9.89. The summed E-state index contributed by atoms with van der Waals surface area (Å²) < 4.78 is 5.13. The van der Waals surface area contributed by atoms with E-state index < -0.39 is 0 Å². The van der Waals surface area contributed by atoms with E-state index in [4.69, 9.17) is 10.00 Å². The summed E-state index contributed by atoms with van der Waals surface area (Å²) in [6.45, 7) is 0.459. The van der Waals surface area contributed by atoms with Crippen LogP contribution < -0.4 is 0 Å². The van der Waals surface area contributed by atoms with E-state index in [0.29, 0.717) is 18.6 Å². The van der Waals surface area contributed by atoms with Crippen molar-refractivity contribution in [3.8, 4) is 6.07 Å². The molecular formula is C14H17NO2. The second kappa shape index (κ2) is 8.35. The summed E-state index contributed by atoms with van der Waals surface area (Å²) in [5.74, 6) is -0.261. The zero-order valence-electron chi connectivity index (χ0n) is 9.89. The zero-order chi connectivity index (χ0) is 12.3. The standard InChI is InChI=1S/C14H17NO2/c15-11-7-2-1-3-8-12-17-14(16)13-9-5-4-6-10-13/h4-6,9-10H,1-3,7-8,12H2. The second-order valence-electron chi connectivity index (χ2n) is 3.82. The molecule has 0 aliphatic heterocycles. The van der Waals surface area contributed by atoms with Gasteiger partial charge in [0.25, 0.3) is 0 Å². The predicted molar refractivity (Wildman–Crippen MR) is 65.4 cm³/mol. The summed E-state index contributed by atoms with van der Waals surface area (Å²) in [6, 6.07) is 11.1. The highest BCUT2D eigenvalue weighted by Crippen LogP contribution is 2.05. The maximum atomic E-state index is 11.5. The smallest absolute Gasteiger partial charge is 0.338 e. The number of nitrogens with zero attached hydrogens (tertiary/aromatic N) is 1. The maximum Gasteiger partial charge on any atom is 0.338 e. The molecule has 3 nitrogen and oxygen atoms in total. The van der Waals surface area contributed by atoms with Gasteiger partial charge < -0.3 is 4.74 Å². The minimum absolute atomic E-state index is 0.261. The van der Waals surface area contributed by atoms with E-state index in [2.05, 4.69) is 6.07 Å². The van der Waals surface area contributed by atoms with Crippen LogP contribution in [0.3, 0.4) is 0 Å². The number of hydrogen-bond acceptors (Lipinski definition) is 3. The van der Waals surface area contributed by atoms with E-state index in [1.54, 1.807) is 12.1 Å².